The number of carbonyl (C=O) groups excluding carboxylic acids is 6. The molecule has 2 N–H and O–H groups in total. The van der Waals surface area contributed by atoms with Crippen molar-refractivity contribution in [3.63, 3.8) is 0 Å². The number of allylic oxidation sites excluding steroid dienone is 7. The molecular formula is C64H93NO15. The molecule has 1 aromatic carbocycles. The van der Waals surface area contributed by atoms with Crippen LogP contribution in [0, 0.1) is 52.8 Å². The van der Waals surface area contributed by atoms with Gasteiger partial charge < -0.3 is 48.3 Å². The van der Waals surface area contributed by atoms with Gasteiger partial charge in [0.15, 0.2) is 6.29 Å². The molecule has 1 amide bonds. The molecule has 5 aliphatic rings. The van der Waals surface area contributed by atoms with Crippen LogP contribution in [0.2, 0.25) is 0 Å². The van der Waals surface area contributed by atoms with E-state index in [4.69, 9.17) is 33.2 Å². The predicted octanol–water partition coefficient (Wildman–Crippen LogP) is 9.73. The van der Waals surface area contributed by atoms with E-state index in [0.29, 0.717) is 75.5 Å². The third kappa shape index (κ3) is 16.2. The Labute approximate surface area is 475 Å². The summed E-state index contributed by atoms with van der Waals surface area (Å²) < 4.78 is 42.1. The van der Waals surface area contributed by atoms with Crippen LogP contribution in [0.15, 0.2) is 71.9 Å². The fourth-order valence-electron chi connectivity index (χ4n) is 12.2. The molecule has 3 saturated heterocycles. The van der Waals surface area contributed by atoms with Crippen molar-refractivity contribution >= 4 is 35.2 Å². The molecule has 1 aliphatic carbocycles. The molecule has 1 saturated carbocycles. The van der Waals surface area contributed by atoms with E-state index in [9.17, 15) is 39.0 Å². The van der Waals surface area contributed by atoms with Gasteiger partial charge in [-0.05, 0) is 133 Å². The first kappa shape index (κ1) is 64.3. The van der Waals surface area contributed by atoms with Gasteiger partial charge >= 0.3 is 11.9 Å². The number of methoxy groups -OCH3 is 2. The van der Waals surface area contributed by atoms with Gasteiger partial charge in [0, 0.05) is 49.3 Å². The van der Waals surface area contributed by atoms with Crippen LogP contribution in [-0.4, -0.2) is 127 Å². The minimum absolute atomic E-state index is 0.0119. The van der Waals surface area contributed by atoms with Crippen LogP contribution in [0.4, 0.5) is 0 Å². The highest BCUT2D eigenvalue weighted by Gasteiger charge is 2.53. The molecule has 0 radical (unpaired) electrons. The minimum Gasteiger partial charge on any atom is -0.497 e. The number of esters is 2. The lowest BCUT2D eigenvalue weighted by molar-refractivity contribution is -0.264. The normalized spacial score (nSPS) is 38.8. The molecule has 444 valence electrons. The Balaban J connectivity index is 1.21. The SMILES string of the molecule is COc1ccc(C2OCC(C)(C(=O)O[C@@H]3CC[C@@H](C[C@@H](C)[C@@H]4CC(=O)[C@H](C)/C=C(\C)[C@@H](O)[C@@H](C)C(=O)[C@H](C)C[C@H](C)/C=C/C=C/C=C(\C)[C@@H](C)C[C@@H]5CC[C@@H](C)[C@@](O)(O5)C(=O)C(=O)N5CCCC[C@H]5C(=O)O4)C[C@H]3OC)CO2)cc1. The number of nitrogens with zero attached hydrogens (tertiary/aromatic N) is 1. The number of ketones is 3. The van der Waals surface area contributed by atoms with Gasteiger partial charge in [0.1, 0.15) is 41.0 Å². The summed E-state index contributed by atoms with van der Waals surface area (Å²) in [4.78, 5) is 86.6. The number of ether oxygens (including phenoxy) is 7. The zero-order chi connectivity index (χ0) is 58.6. The molecule has 4 fully saturated rings. The second kappa shape index (κ2) is 28.9. The quantitative estimate of drug-likeness (QED) is 0.141. The van der Waals surface area contributed by atoms with Crippen LogP contribution in [-0.2, 0) is 57.2 Å². The average molecular weight is 1120 g/mol. The summed E-state index contributed by atoms with van der Waals surface area (Å²) in [7, 11) is 3.17. The van der Waals surface area contributed by atoms with Gasteiger partial charge in [-0.1, -0.05) is 103 Å². The van der Waals surface area contributed by atoms with Crippen molar-refractivity contribution in [2.45, 2.75) is 195 Å². The molecule has 1 aromatic rings. The number of amides is 1. The standard InChI is InChI=1S/C64H93NO15/c1-38-18-14-13-15-19-39(2)40(3)33-50-25-21-45(8)64(73,80-50)58(69)59(70)65-29-17-16-20-51(65)60(71)78-54(35-52(66)41(4)31-44(7)57(68)46(9)56(67)43(6)30-38)42(5)32-47-22-28-53(55(34-47)75-12)79-62(72)63(10)36-76-61(77-37-63)48-23-26-49(74-11)27-24-48/h13-15,18-19,23-24,26-27,31,38,40-43,45-47,50-51,53-55,57,61,68,73H,16-17,20-22,25,28-30,32-37H2,1-12H3/b15-13+,18-14+,39-19+,44-31+/t38-,40+,41-,42-,43-,45-,46+,47+,50+,51+,53-,54+,55-,57-,61?,63?,64-/m1/s1. The van der Waals surface area contributed by atoms with Crippen LogP contribution in [0.3, 0.4) is 0 Å². The number of hydrogen-bond acceptors (Lipinski definition) is 15. The first-order valence-electron chi connectivity index (χ1n) is 29.4. The summed E-state index contributed by atoms with van der Waals surface area (Å²) >= 11 is 0. The number of hydrogen-bond donors (Lipinski definition) is 2. The van der Waals surface area contributed by atoms with Gasteiger partial charge in [0.2, 0.25) is 5.79 Å². The van der Waals surface area contributed by atoms with Gasteiger partial charge in [-0.25, -0.2) is 4.79 Å². The molecule has 6 rings (SSSR count). The molecular weight excluding hydrogens is 1020 g/mol. The number of cyclic esters (lactones) is 1. The van der Waals surface area contributed by atoms with Crippen molar-refractivity contribution in [1.29, 1.82) is 0 Å². The summed E-state index contributed by atoms with van der Waals surface area (Å²) in [6.07, 6.45) is 12.7. The minimum atomic E-state index is -2.40. The Bertz CT molecular complexity index is 2420. The van der Waals surface area contributed by atoms with Gasteiger partial charge in [-0.2, -0.15) is 0 Å². The van der Waals surface area contributed by atoms with Crippen LogP contribution < -0.4 is 4.74 Å². The summed E-state index contributed by atoms with van der Waals surface area (Å²) in [5.41, 5.74) is 1.28. The number of carbonyl (C=O) groups is 6. The van der Waals surface area contributed by atoms with Crippen LogP contribution in [0.25, 0.3) is 0 Å². The van der Waals surface area contributed by atoms with Crippen LogP contribution >= 0.6 is 0 Å². The van der Waals surface area contributed by atoms with Crippen molar-refractivity contribution in [2.75, 3.05) is 34.0 Å². The Kier molecular flexibility index (Phi) is 23.3. The summed E-state index contributed by atoms with van der Waals surface area (Å²) in [5.74, 6) is -8.16. The van der Waals surface area contributed by atoms with Gasteiger partial charge in [-0.3, -0.25) is 24.0 Å². The molecule has 2 bridgehead atoms. The van der Waals surface area contributed by atoms with E-state index in [0.717, 1.165) is 11.1 Å². The molecule has 15 atom stereocenters. The Morgan fingerprint density at radius 2 is 1.52 bits per heavy atom. The number of fused-ring (bicyclic) bond motifs is 3. The maximum absolute atomic E-state index is 14.7. The molecule has 4 heterocycles. The number of piperidine rings is 1. The molecule has 16 nitrogen and oxygen atoms in total. The first-order valence-corrected chi connectivity index (χ1v) is 29.4. The maximum Gasteiger partial charge on any atom is 0.329 e. The second-order valence-electron chi connectivity index (χ2n) is 24.6. The second-order valence-corrected chi connectivity index (χ2v) is 24.6. The molecule has 0 unspecified atom stereocenters. The van der Waals surface area contributed by atoms with E-state index in [1.807, 2.05) is 82.3 Å². The third-order valence-electron chi connectivity index (χ3n) is 17.9. The lowest BCUT2D eigenvalue weighted by Gasteiger charge is -2.42. The van der Waals surface area contributed by atoms with Crippen LogP contribution in [0.5, 0.6) is 5.75 Å². The number of aliphatic hydroxyl groups is 2. The van der Waals surface area contributed by atoms with Crippen molar-refractivity contribution in [1.82, 2.24) is 4.90 Å². The molecule has 4 aliphatic heterocycles. The zero-order valence-electron chi connectivity index (χ0n) is 49.7. The fraction of sp³-hybridized carbons (Fsp3) is 0.688. The summed E-state index contributed by atoms with van der Waals surface area (Å²) in [6, 6.07) is 6.18. The Hall–Kier alpha value is -4.84. The zero-order valence-corrected chi connectivity index (χ0v) is 49.7. The van der Waals surface area contributed by atoms with Crippen molar-refractivity contribution in [2.24, 2.45) is 52.8 Å². The number of rotatable bonds is 8. The average Bonchev–Trinajstić information content (AvgIpc) is 3.44. The van der Waals surface area contributed by atoms with Gasteiger partial charge in [0.05, 0.1) is 38.6 Å². The third-order valence-corrected chi connectivity index (χ3v) is 17.9. The van der Waals surface area contributed by atoms with Crippen molar-refractivity contribution in [3.05, 3.63) is 77.4 Å². The van der Waals surface area contributed by atoms with E-state index < -0.39 is 101 Å². The predicted molar refractivity (Wildman–Crippen MR) is 301 cm³/mol. The Morgan fingerprint density at radius 1 is 0.825 bits per heavy atom. The lowest BCUT2D eigenvalue weighted by atomic mass is 9.78. The number of benzene rings is 1. The maximum atomic E-state index is 14.7. The highest BCUT2D eigenvalue weighted by Crippen LogP contribution is 2.40. The molecule has 0 spiro atoms. The topological polar surface area (TPSA) is 211 Å². The van der Waals surface area contributed by atoms with E-state index in [1.165, 1.54) is 4.90 Å². The van der Waals surface area contributed by atoms with Gasteiger partial charge in [0.25, 0.3) is 11.7 Å². The van der Waals surface area contributed by atoms with Crippen LogP contribution in [0.1, 0.15) is 158 Å². The first-order chi connectivity index (χ1) is 37.9. The van der Waals surface area contributed by atoms with E-state index in [1.54, 1.807) is 54.9 Å². The molecule has 16 heteroatoms. The number of aliphatic hydroxyl groups excluding tert-OH is 1. The molecule has 80 heavy (non-hydrogen) atoms. The highest BCUT2D eigenvalue weighted by atomic mass is 16.7. The number of Topliss-reactive ketones (excluding diaryl/α,β-unsaturated/α-hetero) is 3. The summed E-state index contributed by atoms with van der Waals surface area (Å²) in [5, 5.41) is 23.6. The largest absolute Gasteiger partial charge is 0.497 e. The van der Waals surface area contributed by atoms with Crippen molar-refractivity contribution < 1.29 is 72.1 Å². The Morgan fingerprint density at radius 3 is 2.20 bits per heavy atom. The monoisotopic (exact) mass is 1120 g/mol. The lowest BCUT2D eigenvalue weighted by Crippen LogP contribution is -2.60. The van der Waals surface area contributed by atoms with E-state index in [2.05, 4.69) is 6.92 Å². The highest BCUT2D eigenvalue weighted by molar-refractivity contribution is 6.39. The summed E-state index contributed by atoms with van der Waals surface area (Å²) in [6.45, 7) is 18.8. The van der Waals surface area contributed by atoms with Gasteiger partial charge in [-0.15, -0.1) is 0 Å². The van der Waals surface area contributed by atoms with Crippen molar-refractivity contribution in [3.8, 4) is 5.75 Å². The molecule has 0 aromatic heterocycles. The fourth-order valence-corrected chi connectivity index (χ4v) is 12.2. The smallest absolute Gasteiger partial charge is 0.329 e. The van der Waals surface area contributed by atoms with E-state index >= 15 is 0 Å². The van der Waals surface area contributed by atoms with E-state index in [-0.39, 0.29) is 67.8 Å².